The van der Waals surface area contributed by atoms with Crippen LogP contribution in [0.5, 0.6) is 0 Å². The summed E-state index contributed by atoms with van der Waals surface area (Å²) in [5.41, 5.74) is 0.773. The fraction of sp³-hybridized carbons (Fsp3) is 0.600. The summed E-state index contributed by atoms with van der Waals surface area (Å²) in [6.07, 6.45) is 4.33. The fourth-order valence-electron chi connectivity index (χ4n) is 2.18. The van der Waals surface area contributed by atoms with Gasteiger partial charge in [0.1, 0.15) is 5.60 Å². The van der Waals surface area contributed by atoms with Crippen molar-refractivity contribution in [1.29, 1.82) is 0 Å². The van der Waals surface area contributed by atoms with Crippen molar-refractivity contribution in [2.24, 2.45) is 0 Å². The van der Waals surface area contributed by atoms with Gasteiger partial charge in [-0.15, -0.1) is 0 Å². The van der Waals surface area contributed by atoms with Crippen LogP contribution in [0.4, 0.5) is 4.79 Å². The van der Waals surface area contributed by atoms with Crippen LogP contribution < -0.4 is 5.32 Å². The SMILES string of the molecule is CC(C)(C)OC(=O)N1CC[C@@H](NCc2ccncc2)C1. The first kappa shape index (κ1) is 14.8. The molecular weight excluding hydrogens is 254 g/mol. The van der Waals surface area contributed by atoms with Crippen molar-refractivity contribution in [3.05, 3.63) is 30.1 Å². The van der Waals surface area contributed by atoms with Gasteiger partial charge in [-0.05, 0) is 44.9 Å². The second-order valence-electron chi connectivity index (χ2n) is 6.15. The Balaban J connectivity index is 1.76. The van der Waals surface area contributed by atoms with E-state index in [9.17, 15) is 4.79 Å². The summed E-state index contributed by atoms with van der Waals surface area (Å²) in [6.45, 7) is 7.93. The molecule has 1 fully saturated rings. The van der Waals surface area contributed by atoms with Gasteiger partial charge in [-0.2, -0.15) is 0 Å². The predicted octanol–water partition coefficient (Wildman–Crippen LogP) is 2.18. The number of likely N-dealkylation sites (tertiary alicyclic amines) is 1. The van der Waals surface area contributed by atoms with Crippen LogP contribution in [0.25, 0.3) is 0 Å². The van der Waals surface area contributed by atoms with Crippen LogP contribution in [-0.2, 0) is 11.3 Å². The van der Waals surface area contributed by atoms with Crippen molar-refractivity contribution in [3.8, 4) is 0 Å². The standard InChI is InChI=1S/C15H23N3O2/c1-15(2,3)20-14(19)18-9-6-13(11-18)17-10-12-4-7-16-8-5-12/h4-5,7-8,13,17H,6,9-11H2,1-3H3/t13-/m1/s1. The van der Waals surface area contributed by atoms with Crippen molar-refractivity contribution < 1.29 is 9.53 Å². The Hall–Kier alpha value is -1.62. The van der Waals surface area contributed by atoms with Gasteiger partial charge in [-0.3, -0.25) is 4.98 Å². The summed E-state index contributed by atoms with van der Waals surface area (Å²) >= 11 is 0. The Morgan fingerprint density at radius 3 is 2.80 bits per heavy atom. The zero-order valence-electron chi connectivity index (χ0n) is 12.4. The predicted molar refractivity (Wildman–Crippen MR) is 77.3 cm³/mol. The van der Waals surface area contributed by atoms with Crippen molar-refractivity contribution in [3.63, 3.8) is 0 Å². The van der Waals surface area contributed by atoms with E-state index < -0.39 is 5.60 Å². The Kier molecular flexibility index (Phi) is 4.60. The van der Waals surface area contributed by atoms with Crippen LogP contribution in [0.2, 0.25) is 0 Å². The first-order valence-corrected chi connectivity index (χ1v) is 7.04. The van der Waals surface area contributed by atoms with Crippen molar-refractivity contribution in [1.82, 2.24) is 15.2 Å². The highest BCUT2D eigenvalue weighted by Crippen LogP contribution is 2.15. The zero-order valence-corrected chi connectivity index (χ0v) is 12.4. The molecule has 1 atom stereocenters. The quantitative estimate of drug-likeness (QED) is 0.920. The second-order valence-corrected chi connectivity index (χ2v) is 6.15. The second kappa shape index (κ2) is 6.22. The molecule has 0 spiro atoms. The van der Waals surface area contributed by atoms with Crippen LogP contribution in [0.1, 0.15) is 32.8 Å². The van der Waals surface area contributed by atoms with Gasteiger partial charge in [0.2, 0.25) is 0 Å². The maximum atomic E-state index is 11.9. The van der Waals surface area contributed by atoms with Crippen LogP contribution in [0.3, 0.4) is 0 Å². The Morgan fingerprint density at radius 2 is 2.15 bits per heavy atom. The normalized spacial score (nSPS) is 19.1. The molecule has 1 aromatic rings. The average molecular weight is 277 g/mol. The minimum Gasteiger partial charge on any atom is -0.444 e. The van der Waals surface area contributed by atoms with E-state index in [0.29, 0.717) is 12.6 Å². The van der Waals surface area contributed by atoms with E-state index in [2.05, 4.69) is 10.3 Å². The molecule has 1 saturated heterocycles. The average Bonchev–Trinajstić information content (AvgIpc) is 2.84. The lowest BCUT2D eigenvalue weighted by atomic mass is 10.2. The van der Waals surface area contributed by atoms with Crippen molar-refractivity contribution in [2.45, 2.75) is 45.4 Å². The molecule has 0 radical (unpaired) electrons. The van der Waals surface area contributed by atoms with Crippen LogP contribution >= 0.6 is 0 Å². The smallest absolute Gasteiger partial charge is 0.410 e. The highest BCUT2D eigenvalue weighted by Gasteiger charge is 2.29. The fourth-order valence-corrected chi connectivity index (χ4v) is 2.18. The first-order valence-electron chi connectivity index (χ1n) is 7.04. The van der Waals surface area contributed by atoms with E-state index in [1.165, 1.54) is 5.56 Å². The lowest BCUT2D eigenvalue weighted by molar-refractivity contribution is 0.0291. The van der Waals surface area contributed by atoms with Gasteiger partial charge < -0.3 is 15.0 Å². The molecule has 2 heterocycles. The minimum atomic E-state index is -0.431. The van der Waals surface area contributed by atoms with Crippen LogP contribution in [0.15, 0.2) is 24.5 Å². The summed E-state index contributed by atoms with van der Waals surface area (Å²) < 4.78 is 5.38. The minimum absolute atomic E-state index is 0.217. The number of nitrogens with one attached hydrogen (secondary N) is 1. The third-order valence-corrected chi connectivity index (χ3v) is 3.18. The van der Waals surface area contributed by atoms with E-state index in [1.807, 2.05) is 32.9 Å². The number of carbonyl (C=O) groups excluding carboxylic acids is 1. The van der Waals surface area contributed by atoms with Crippen LogP contribution in [-0.4, -0.2) is 40.7 Å². The molecule has 1 aliphatic heterocycles. The molecule has 1 aromatic heterocycles. The summed E-state index contributed by atoms with van der Waals surface area (Å²) in [5, 5.41) is 3.47. The van der Waals surface area contributed by atoms with E-state index in [-0.39, 0.29) is 6.09 Å². The number of carbonyl (C=O) groups is 1. The first-order chi connectivity index (χ1) is 9.44. The number of ether oxygens (including phenoxy) is 1. The maximum absolute atomic E-state index is 11.9. The van der Waals surface area contributed by atoms with E-state index in [0.717, 1.165) is 19.5 Å². The van der Waals surface area contributed by atoms with E-state index in [4.69, 9.17) is 4.74 Å². The molecule has 0 saturated carbocycles. The monoisotopic (exact) mass is 277 g/mol. The van der Waals surface area contributed by atoms with E-state index >= 15 is 0 Å². The lowest BCUT2D eigenvalue weighted by Gasteiger charge is -2.24. The number of hydrogen-bond donors (Lipinski definition) is 1. The number of amides is 1. The van der Waals surface area contributed by atoms with Gasteiger partial charge in [0.05, 0.1) is 0 Å². The molecule has 5 nitrogen and oxygen atoms in total. The molecule has 0 unspecified atom stereocenters. The summed E-state index contributed by atoms with van der Waals surface area (Å²) in [6, 6.07) is 4.32. The third-order valence-electron chi connectivity index (χ3n) is 3.18. The van der Waals surface area contributed by atoms with Gasteiger partial charge in [-0.25, -0.2) is 4.79 Å². The van der Waals surface area contributed by atoms with Crippen molar-refractivity contribution in [2.75, 3.05) is 13.1 Å². The number of hydrogen-bond acceptors (Lipinski definition) is 4. The highest BCUT2D eigenvalue weighted by molar-refractivity contribution is 5.68. The van der Waals surface area contributed by atoms with Crippen molar-refractivity contribution >= 4 is 6.09 Å². The molecule has 0 aliphatic carbocycles. The largest absolute Gasteiger partial charge is 0.444 e. The molecule has 1 amide bonds. The lowest BCUT2D eigenvalue weighted by Crippen LogP contribution is -2.38. The summed E-state index contributed by atoms with van der Waals surface area (Å²) in [5.74, 6) is 0. The molecule has 20 heavy (non-hydrogen) atoms. The van der Waals surface area contributed by atoms with Gasteiger partial charge in [-0.1, -0.05) is 0 Å². The molecule has 110 valence electrons. The molecule has 2 rings (SSSR count). The molecule has 0 aromatic carbocycles. The third kappa shape index (κ3) is 4.49. The Labute approximate surface area is 120 Å². The molecular formula is C15H23N3O2. The maximum Gasteiger partial charge on any atom is 0.410 e. The van der Waals surface area contributed by atoms with Gasteiger partial charge in [0, 0.05) is 38.1 Å². The summed E-state index contributed by atoms with van der Waals surface area (Å²) in [4.78, 5) is 17.7. The number of nitrogens with zero attached hydrogens (tertiary/aromatic N) is 2. The molecule has 1 N–H and O–H groups in total. The van der Waals surface area contributed by atoms with Gasteiger partial charge >= 0.3 is 6.09 Å². The summed E-state index contributed by atoms with van der Waals surface area (Å²) in [7, 11) is 0. The molecule has 0 bridgehead atoms. The van der Waals surface area contributed by atoms with E-state index in [1.54, 1.807) is 17.3 Å². The topological polar surface area (TPSA) is 54.5 Å². The van der Waals surface area contributed by atoms with Gasteiger partial charge in [0.15, 0.2) is 0 Å². The Morgan fingerprint density at radius 1 is 1.45 bits per heavy atom. The molecule has 1 aliphatic rings. The number of aromatic nitrogens is 1. The number of rotatable bonds is 3. The zero-order chi connectivity index (χ0) is 14.6. The Bertz CT molecular complexity index is 442. The van der Waals surface area contributed by atoms with Gasteiger partial charge in [0.25, 0.3) is 0 Å². The molecule has 5 heteroatoms. The number of pyridine rings is 1. The van der Waals surface area contributed by atoms with Crippen LogP contribution in [0, 0.1) is 0 Å². The highest BCUT2D eigenvalue weighted by atomic mass is 16.6.